The third-order valence-electron chi connectivity index (χ3n) is 6.37. The highest BCUT2D eigenvalue weighted by atomic mass is 35.5. The number of methoxy groups -OCH3 is 2. The normalized spacial score (nSPS) is 16.9. The van der Waals surface area contributed by atoms with Crippen molar-refractivity contribution < 1.29 is 24.1 Å². The molecule has 184 valence electrons. The lowest BCUT2D eigenvalue weighted by Gasteiger charge is -2.40. The number of rotatable bonds is 9. The molecule has 1 fully saturated rings. The average Bonchev–Trinajstić information content (AvgIpc) is 2.89. The van der Waals surface area contributed by atoms with Crippen LogP contribution in [0.25, 0.3) is 0 Å². The molecule has 0 spiro atoms. The summed E-state index contributed by atoms with van der Waals surface area (Å²) in [6, 6.07) is 20.3. The third-order valence-corrected chi connectivity index (χ3v) is 6.62. The molecule has 0 aromatic heterocycles. The fourth-order valence-corrected chi connectivity index (χ4v) is 4.80. The molecule has 3 aromatic rings. The molecule has 35 heavy (non-hydrogen) atoms. The highest BCUT2D eigenvalue weighted by Gasteiger charge is 2.36. The summed E-state index contributed by atoms with van der Waals surface area (Å²) in [5, 5.41) is 10.6. The number of likely N-dealkylation sites (tertiary alicyclic amines) is 1. The van der Waals surface area contributed by atoms with Crippen LogP contribution >= 0.6 is 11.6 Å². The summed E-state index contributed by atoms with van der Waals surface area (Å²) in [5.41, 5.74) is 2.84. The predicted octanol–water partition coefficient (Wildman–Crippen LogP) is 5.96. The van der Waals surface area contributed by atoms with Gasteiger partial charge in [-0.3, -0.25) is 9.69 Å². The lowest BCUT2D eigenvalue weighted by molar-refractivity contribution is -0.145. The molecule has 1 aliphatic heterocycles. The van der Waals surface area contributed by atoms with Gasteiger partial charge < -0.3 is 19.3 Å². The zero-order valence-electron chi connectivity index (χ0n) is 19.9. The van der Waals surface area contributed by atoms with Crippen LogP contribution in [-0.2, 0) is 11.4 Å². The first kappa shape index (κ1) is 24.9. The summed E-state index contributed by atoms with van der Waals surface area (Å²) in [4.78, 5) is 14.2. The van der Waals surface area contributed by atoms with Gasteiger partial charge in [0.2, 0.25) is 5.75 Å². The Bertz CT molecular complexity index is 1110. The summed E-state index contributed by atoms with van der Waals surface area (Å²) < 4.78 is 17.6. The van der Waals surface area contributed by atoms with Gasteiger partial charge in [-0.05, 0) is 60.3 Å². The molecule has 0 aliphatic carbocycles. The molecule has 2 atom stereocenters. The largest absolute Gasteiger partial charge is 0.493 e. The standard InChI is InChI=1S/C28H30ClNO5/c1-33-24-16-21(17-25(34-2)27(24)35-18-19-8-4-3-5-9-19)26(20-11-13-22(29)14-12-20)30-15-7-6-10-23(30)28(31)32/h3-5,8-9,11-14,16-17,23,26H,6-7,10,15,18H2,1-2H3,(H,31,32). The molecule has 0 amide bonds. The van der Waals surface area contributed by atoms with E-state index in [0.29, 0.717) is 41.8 Å². The fraction of sp³-hybridized carbons (Fsp3) is 0.321. The number of hydrogen-bond acceptors (Lipinski definition) is 5. The molecule has 1 aliphatic rings. The maximum absolute atomic E-state index is 12.2. The summed E-state index contributed by atoms with van der Waals surface area (Å²) in [6.07, 6.45) is 2.42. The maximum Gasteiger partial charge on any atom is 0.320 e. The Balaban J connectivity index is 1.77. The second kappa shape index (κ2) is 11.5. The summed E-state index contributed by atoms with van der Waals surface area (Å²) in [5.74, 6) is 0.743. The lowest BCUT2D eigenvalue weighted by atomic mass is 9.91. The van der Waals surface area contributed by atoms with E-state index < -0.39 is 12.0 Å². The van der Waals surface area contributed by atoms with Crippen molar-refractivity contribution in [2.45, 2.75) is 38.0 Å². The molecular weight excluding hydrogens is 466 g/mol. The van der Waals surface area contributed by atoms with Crippen molar-refractivity contribution in [3.63, 3.8) is 0 Å². The molecule has 3 aromatic carbocycles. The summed E-state index contributed by atoms with van der Waals surface area (Å²) in [7, 11) is 3.18. The average molecular weight is 496 g/mol. The molecule has 6 nitrogen and oxygen atoms in total. The number of aliphatic carboxylic acids is 1. The molecule has 4 rings (SSSR count). The van der Waals surface area contributed by atoms with Gasteiger partial charge in [0.15, 0.2) is 11.5 Å². The first-order valence-electron chi connectivity index (χ1n) is 11.7. The Labute approximate surface area is 211 Å². The van der Waals surface area contributed by atoms with Gasteiger partial charge in [0, 0.05) is 5.02 Å². The van der Waals surface area contributed by atoms with Crippen LogP contribution in [0.3, 0.4) is 0 Å². The number of carboxylic acid groups (broad SMARTS) is 1. The number of ether oxygens (including phenoxy) is 3. The molecule has 2 unspecified atom stereocenters. The lowest BCUT2D eigenvalue weighted by Crippen LogP contribution is -2.46. The second-order valence-electron chi connectivity index (χ2n) is 8.57. The Morgan fingerprint density at radius 1 is 1.00 bits per heavy atom. The van der Waals surface area contributed by atoms with Crippen LogP contribution < -0.4 is 14.2 Å². The van der Waals surface area contributed by atoms with E-state index >= 15 is 0 Å². The van der Waals surface area contributed by atoms with E-state index in [0.717, 1.165) is 29.5 Å². The number of carboxylic acids is 1. The van der Waals surface area contributed by atoms with Crippen molar-refractivity contribution in [1.29, 1.82) is 0 Å². The van der Waals surface area contributed by atoms with Gasteiger partial charge in [-0.1, -0.05) is 60.5 Å². The molecule has 1 saturated heterocycles. The Kier molecular flexibility index (Phi) is 8.16. The predicted molar refractivity (Wildman–Crippen MR) is 136 cm³/mol. The number of hydrogen-bond donors (Lipinski definition) is 1. The van der Waals surface area contributed by atoms with Gasteiger partial charge in [0.25, 0.3) is 0 Å². The smallest absolute Gasteiger partial charge is 0.320 e. The maximum atomic E-state index is 12.2. The summed E-state index contributed by atoms with van der Waals surface area (Å²) >= 11 is 6.16. The van der Waals surface area contributed by atoms with E-state index in [1.807, 2.05) is 71.6 Å². The Hall–Kier alpha value is -3.22. The van der Waals surface area contributed by atoms with E-state index in [2.05, 4.69) is 0 Å². The van der Waals surface area contributed by atoms with Crippen molar-refractivity contribution in [2.24, 2.45) is 0 Å². The van der Waals surface area contributed by atoms with E-state index in [1.165, 1.54) is 0 Å². The topological polar surface area (TPSA) is 68.2 Å². The second-order valence-corrected chi connectivity index (χ2v) is 9.01. The molecule has 0 saturated carbocycles. The van der Waals surface area contributed by atoms with Gasteiger partial charge in [0.05, 0.1) is 20.3 Å². The molecule has 0 bridgehead atoms. The van der Waals surface area contributed by atoms with E-state index in [1.54, 1.807) is 14.2 Å². The first-order valence-corrected chi connectivity index (χ1v) is 12.1. The van der Waals surface area contributed by atoms with Crippen LogP contribution in [0.15, 0.2) is 66.7 Å². The minimum Gasteiger partial charge on any atom is -0.493 e. The number of piperidine rings is 1. The SMILES string of the molecule is COc1cc(C(c2ccc(Cl)cc2)N2CCCCC2C(=O)O)cc(OC)c1OCc1ccccc1. The molecule has 1 heterocycles. The van der Waals surface area contributed by atoms with Gasteiger partial charge in [0.1, 0.15) is 12.6 Å². The fourth-order valence-electron chi connectivity index (χ4n) is 4.68. The van der Waals surface area contributed by atoms with Crippen molar-refractivity contribution in [2.75, 3.05) is 20.8 Å². The quantitative estimate of drug-likeness (QED) is 0.394. The van der Waals surface area contributed by atoms with Crippen LogP contribution in [0.1, 0.15) is 42.0 Å². The number of carbonyl (C=O) groups is 1. The number of benzene rings is 3. The van der Waals surface area contributed by atoms with Crippen molar-refractivity contribution in [3.05, 3.63) is 88.4 Å². The highest BCUT2D eigenvalue weighted by molar-refractivity contribution is 6.30. The third kappa shape index (κ3) is 5.72. The molecule has 1 N–H and O–H groups in total. The van der Waals surface area contributed by atoms with Crippen LogP contribution in [0, 0.1) is 0 Å². The molecule has 0 radical (unpaired) electrons. The van der Waals surface area contributed by atoms with Crippen LogP contribution in [-0.4, -0.2) is 42.8 Å². The molecule has 7 heteroatoms. The van der Waals surface area contributed by atoms with E-state index in [4.69, 9.17) is 25.8 Å². The number of nitrogens with zero attached hydrogens (tertiary/aromatic N) is 1. The van der Waals surface area contributed by atoms with Crippen LogP contribution in [0.5, 0.6) is 17.2 Å². The van der Waals surface area contributed by atoms with Crippen molar-refractivity contribution in [3.8, 4) is 17.2 Å². The van der Waals surface area contributed by atoms with Crippen molar-refractivity contribution in [1.82, 2.24) is 4.90 Å². The first-order chi connectivity index (χ1) is 17.0. The van der Waals surface area contributed by atoms with Gasteiger partial charge in [-0.25, -0.2) is 0 Å². The van der Waals surface area contributed by atoms with E-state index in [9.17, 15) is 9.90 Å². The molecular formula is C28H30ClNO5. The van der Waals surface area contributed by atoms with Crippen LogP contribution in [0.4, 0.5) is 0 Å². The zero-order valence-corrected chi connectivity index (χ0v) is 20.7. The summed E-state index contributed by atoms with van der Waals surface area (Å²) in [6.45, 7) is 1.03. The Morgan fingerprint density at radius 3 is 2.26 bits per heavy atom. The monoisotopic (exact) mass is 495 g/mol. The van der Waals surface area contributed by atoms with Gasteiger partial charge in [-0.15, -0.1) is 0 Å². The van der Waals surface area contributed by atoms with E-state index in [-0.39, 0.29) is 6.04 Å². The van der Waals surface area contributed by atoms with Crippen molar-refractivity contribution >= 4 is 17.6 Å². The highest BCUT2D eigenvalue weighted by Crippen LogP contribution is 2.44. The Morgan fingerprint density at radius 2 is 1.66 bits per heavy atom. The minimum absolute atomic E-state index is 0.320. The minimum atomic E-state index is -0.814. The number of halogens is 1. The van der Waals surface area contributed by atoms with Gasteiger partial charge >= 0.3 is 5.97 Å². The van der Waals surface area contributed by atoms with Crippen LogP contribution in [0.2, 0.25) is 5.02 Å². The van der Waals surface area contributed by atoms with Gasteiger partial charge in [-0.2, -0.15) is 0 Å². The zero-order chi connectivity index (χ0) is 24.8.